The molecule has 0 amide bonds. The predicted octanol–water partition coefficient (Wildman–Crippen LogP) is 8.77. The minimum absolute atomic E-state index is 0.142. The maximum atomic E-state index is 13.2. The first kappa shape index (κ1) is 84.5. The molecular weight excluding hydrogens is 1330 g/mol. The number of hydrogen-bond acceptors (Lipinski definition) is 17. The van der Waals surface area contributed by atoms with Crippen LogP contribution in [0.1, 0.15) is 172 Å². The fourth-order valence-corrected chi connectivity index (χ4v) is 21.6. The van der Waals surface area contributed by atoms with Crippen LogP contribution in [0.25, 0.3) is 0 Å². The van der Waals surface area contributed by atoms with Crippen molar-refractivity contribution in [2.45, 2.75) is 250 Å². The molecule has 4 aromatic rings. The van der Waals surface area contributed by atoms with Crippen molar-refractivity contribution in [2.75, 3.05) is 85.3 Å². The lowest BCUT2D eigenvalue weighted by molar-refractivity contribution is -0.120. The van der Waals surface area contributed by atoms with Crippen molar-refractivity contribution in [3.05, 3.63) is 115 Å². The summed E-state index contributed by atoms with van der Waals surface area (Å²) in [6.45, 7) is 38.0. The van der Waals surface area contributed by atoms with Crippen LogP contribution in [0, 0.1) is 83.1 Å². The van der Waals surface area contributed by atoms with E-state index >= 15 is 0 Å². The molecule has 7 N–H and O–H groups in total. The molecule has 0 aliphatic carbocycles. The number of piperidine rings is 4. The van der Waals surface area contributed by atoms with Crippen LogP contribution in [0.15, 0.2) is 68.1 Å². The van der Waals surface area contributed by atoms with Gasteiger partial charge in [-0.2, -0.15) is 17.2 Å². The van der Waals surface area contributed by atoms with Crippen LogP contribution in [-0.4, -0.2) is 205 Å². The molecule has 25 heteroatoms. The monoisotopic (exact) mass is 1440 g/mol. The summed E-state index contributed by atoms with van der Waals surface area (Å²) < 4.78 is 116. The maximum Gasteiger partial charge on any atom is 0.243 e. The minimum Gasteiger partial charge on any atom is -0.393 e. The molecule has 98 heavy (non-hydrogen) atoms. The molecule has 5 fully saturated rings. The van der Waals surface area contributed by atoms with E-state index in [-0.39, 0.29) is 24.1 Å². The van der Waals surface area contributed by atoms with Crippen molar-refractivity contribution < 1.29 is 58.5 Å². The first-order chi connectivity index (χ1) is 45.8. The summed E-state index contributed by atoms with van der Waals surface area (Å²) in [5.74, 6) is 0.142. The molecule has 5 aliphatic heterocycles. The van der Waals surface area contributed by atoms with E-state index in [1.165, 1.54) is 4.31 Å². The van der Waals surface area contributed by atoms with Gasteiger partial charge in [-0.3, -0.25) is 9.69 Å². The third-order valence-corrected chi connectivity index (χ3v) is 27.7. The SMILES string of the molecule is CC(O)CCN.Cc1cc(C)c(S(=O)(=O)N2CCC(=O)CC2)c(C)c1.Cc1cc(C)c(S(=O)(=O)N2CCC(N3CCC(C)OC3)CC2)c(C)c1.Cc1cc(C)c(S(=O)(=O)N2CCC(NCCC(C)O)CC2)c(C)c1.Cc1cc(C)c(S(=O)(=O)N2CCC(NCCC(C)O)CC2)c(C)c1. The summed E-state index contributed by atoms with van der Waals surface area (Å²) in [7, 11) is -13.8. The molecule has 9 rings (SSSR count). The summed E-state index contributed by atoms with van der Waals surface area (Å²) in [6, 6.07) is 16.5. The Labute approximate surface area is 589 Å². The van der Waals surface area contributed by atoms with Gasteiger partial charge < -0.3 is 36.4 Å². The number of aliphatic hydroxyl groups excluding tert-OH is 3. The number of Topliss-reactive ketones (excluding diaryl/α,β-unsaturated/α-hetero) is 1. The second-order valence-corrected chi connectivity index (χ2v) is 35.7. The summed E-state index contributed by atoms with van der Waals surface area (Å²) in [6.07, 6.45) is 8.35. The summed E-state index contributed by atoms with van der Waals surface area (Å²) in [5, 5.41) is 33.9. The summed E-state index contributed by atoms with van der Waals surface area (Å²) in [5.41, 5.74) is 15.9. The van der Waals surface area contributed by atoms with E-state index in [2.05, 4.69) is 22.5 Å². The Kier molecular flexibility index (Phi) is 33.1. The van der Waals surface area contributed by atoms with Gasteiger partial charge in [-0.05, 0) is 239 Å². The number of carbonyl (C=O) groups is 1. The van der Waals surface area contributed by atoms with Gasteiger partial charge in [-0.1, -0.05) is 70.8 Å². The zero-order valence-electron chi connectivity index (χ0n) is 61.7. The number of carbonyl (C=O) groups excluding carboxylic acids is 1. The van der Waals surface area contributed by atoms with Gasteiger partial charge in [0.25, 0.3) is 0 Å². The van der Waals surface area contributed by atoms with Crippen molar-refractivity contribution in [3.8, 4) is 0 Å². The van der Waals surface area contributed by atoms with Gasteiger partial charge in [0.1, 0.15) is 5.78 Å². The minimum atomic E-state index is -3.48. The van der Waals surface area contributed by atoms with Crippen molar-refractivity contribution in [2.24, 2.45) is 5.73 Å². The number of rotatable bonds is 19. The molecule has 4 atom stereocenters. The van der Waals surface area contributed by atoms with E-state index in [4.69, 9.17) is 15.6 Å². The molecule has 5 aliphatic rings. The lowest BCUT2D eigenvalue weighted by atomic mass is 10.0. The standard InChI is InChI=1S/C19H30N2O3S.2C18H30N2O3S.C14H19NO3S.C4H11NO/c1-14-11-15(2)19(16(3)12-14)25(22,23)21-9-6-18(7-10-21)20-8-5-17(4)24-13-20;2*1-13-11-14(2)18(15(3)12-13)24(22,23)20-9-6-17(7-10-20)19-8-5-16(4)21;1-10-8-11(2)14(12(3)9-10)19(17,18)15-6-4-13(16)5-7-15;1-4(6)2-3-5/h11-12,17-18H,5-10,13H2,1-4H3;2*11-12,16-17,19,21H,5-10H2,1-4H3;8-9H,4-7H2,1-3H3;4,6H,2-3,5H2,1H3. The van der Waals surface area contributed by atoms with Gasteiger partial charge in [0.15, 0.2) is 0 Å². The molecule has 4 aromatic carbocycles. The third kappa shape index (κ3) is 24.2. The highest BCUT2D eigenvalue weighted by atomic mass is 32.2. The third-order valence-electron chi connectivity index (χ3n) is 18.9. The highest BCUT2D eigenvalue weighted by Gasteiger charge is 2.37. The zero-order valence-corrected chi connectivity index (χ0v) is 65.0. The average molecular weight is 1450 g/mol. The van der Waals surface area contributed by atoms with E-state index in [0.29, 0.717) is 129 Å². The van der Waals surface area contributed by atoms with Gasteiger partial charge in [0, 0.05) is 89.9 Å². The largest absolute Gasteiger partial charge is 0.393 e. The van der Waals surface area contributed by atoms with Crippen LogP contribution in [0.4, 0.5) is 0 Å². The second-order valence-electron chi connectivity index (χ2n) is 28.2. The second kappa shape index (κ2) is 38.4. The fraction of sp³-hybridized carbons (Fsp3) is 0.658. The Morgan fingerprint density at radius 1 is 0.429 bits per heavy atom. The lowest BCUT2D eigenvalue weighted by Crippen LogP contribution is -2.50. The first-order valence-corrected chi connectivity index (χ1v) is 41.0. The molecular formula is C73H120N8O13S4. The number of nitrogens with zero attached hydrogens (tertiary/aromatic N) is 5. The Bertz CT molecular complexity index is 3490. The van der Waals surface area contributed by atoms with E-state index in [0.717, 1.165) is 144 Å². The Morgan fingerprint density at radius 2 is 0.694 bits per heavy atom. The molecule has 0 saturated carbocycles. The molecule has 554 valence electrons. The highest BCUT2D eigenvalue weighted by molar-refractivity contribution is 7.90. The number of aliphatic hydroxyl groups is 3. The quantitative estimate of drug-likeness (QED) is 0.0511. The molecule has 5 saturated heterocycles. The number of aryl methyl sites for hydroxylation is 12. The van der Waals surface area contributed by atoms with Crippen molar-refractivity contribution in [1.82, 2.24) is 32.8 Å². The number of benzene rings is 4. The number of ketones is 1. The van der Waals surface area contributed by atoms with E-state index in [1.54, 1.807) is 33.7 Å². The molecule has 0 aromatic heterocycles. The first-order valence-electron chi connectivity index (χ1n) is 35.2. The molecule has 0 radical (unpaired) electrons. The van der Waals surface area contributed by atoms with E-state index in [1.807, 2.05) is 132 Å². The summed E-state index contributed by atoms with van der Waals surface area (Å²) in [4.78, 5) is 15.4. The van der Waals surface area contributed by atoms with Gasteiger partial charge >= 0.3 is 0 Å². The van der Waals surface area contributed by atoms with Crippen LogP contribution >= 0.6 is 0 Å². The fourth-order valence-electron chi connectivity index (χ4n) is 14.1. The van der Waals surface area contributed by atoms with Gasteiger partial charge in [0.2, 0.25) is 40.1 Å². The topological polar surface area (TPSA) is 290 Å². The number of sulfonamides is 4. The number of nitrogens with one attached hydrogen (secondary N) is 2. The normalized spacial score (nSPS) is 19.8. The van der Waals surface area contributed by atoms with Crippen LogP contribution in [0.3, 0.4) is 0 Å². The molecule has 21 nitrogen and oxygen atoms in total. The number of nitrogens with two attached hydrogens (primary N) is 1. The molecule has 0 bridgehead atoms. The van der Waals surface area contributed by atoms with Crippen LogP contribution in [-0.2, 0) is 49.6 Å². The van der Waals surface area contributed by atoms with E-state index < -0.39 is 40.1 Å². The highest BCUT2D eigenvalue weighted by Crippen LogP contribution is 2.33. The Morgan fingerprint density at radius 3 is 0.929 bits per heavy atom. The molecule has 5 heterocycles. The summed E-state index contributed by atoms with van der Waals surface area (Å²) >= 11 is 0. The molecule has 4 unspecified atom stereocenters. The van der Waals surface area contributed by atoms with Gasteiger partial charge in [-0.25, -0.2) is 33.7 Å². The van der Waals surface area contributed by atoms with Crippen LogP contribution < -0.4 is 16.4 Å². The smallest absolute Gasteiger partial charge is 0.243 e. The molecule has 0 spiro atoms. The van der Waals surface area contributed by atoms with Crippen molar-refractivity contribution in [1.29, 1.82) is 0 Å². The average Bonchev–Trinajstić information content (AvgIpc) is 0.799. The Hall–Kier alpha value is -4.13. The number of ether oxygens (including phenoxy) is 1. The van der Waals surface area contributed by atoms with Crippen LogP contribution in [0.2, 0.25) is 0 Å². The number of hydrogen-bond donors (Lipinski definition) is 6. The van der Waals surface area contributed by atoms with Crippen LogP contribution in [0.5, 0.6) is 0 Å². The Balaban J connectivity index is 0.000000230. The maximum absolute atomic E-state index is 13.2. The van der Waals surface area contributed by atoms with E-state index in [9.17, 15) is 48.7 Å². The van der Waals surface area contributed by atoms with Gasteiger partial charge in [-0.15, -0.1) is 0 Å². The lowest BCUT2D eigenvalue weighted by Gasteiger charge is -2.40. The predicted molar refractivity (Wildman–Crippen MR) is 392 cm³/mol. The van der Waals surface area contributed by atoms with Gasteiger partial charge in [0.05, 0.1) is 50.7 Å². The van der Waals surface area contributed by atoms with Crippen molar-refractivity contribution >= 4 is 45.9 Å². The zero-order chi connectivity index (χ0) is 73.2. The van der Waals surface area contributed by atoms with Crippen molar-refractivity contribution in [3.63, 3.8) is 0 Å².